The number of nitrogens with one attached hydrogen (secondary N) is 1. The van der Waals surface area contributed by atoms with Crippen molar-refractivity contribution in [1.29, 1.82) is 0 Å². The normalized spacial score (nSPS) is 12.3. The molecule has 6 heteroatoms. The number of benzene rings is 1. The summed E-state index contributed by atoms with van der Waals surface area (Å²) in [6.07, 6.45) is 1.46. The fraction of sp³-hybridized carbons (Fsp3) is 0.462. The summed E-state index contributed by atoms with van der Waals surface area (Å²) in [5, 5.41) is 2.63. The molecule has 1 aromatic carbocycles. The van der Waals surface area contributed by atoms with Gasteiger partial charge >= 0.3 is 6.61 Å². The molecule has 1 atom stereocenters. The molecule has 0 saturated heterocycles. The quantitative estimate of drug-likeness (QED) is 0.799. The molecular formula is C13H18F2N2O2. The number of alkyl halides is 2. The molecule has 1 aromatic rings. The largest absolute Gasteiger partial charge is 0.434 e. The van der Waals surface area contributed by atoms with Crippen molar-refractivity contribution in [1.82, 2.24) is 5.32 Å². The molecule has 0 aromatic heterocycles. The zero-order valence-corrected chi connectivity index (χ0v) is 10.7. The minimum absolute atomic E-state index is 0.0212. The maximum Gasteiger partial charge on any atom is 0.387 e. The van der Waals surface area contributed by atoms with Crippen molar-refractivity contribution in [3.05, 3.63) is 29.8 Å². The van der Waals surface area contributed by atoms with Crippen molar-refractivity contribution in [3.8, 4) is 5.75 Å². The second-order valence-electron chi connectivity index (χ2n) is 4.09. The molecule has 0 aliphatic carbocycles. The van der Waals surface area contributed by atoms with E-state index in [9.17, 15) is 13.6 Å². The summed E-state index contributed by atoms with van der Waals surface area (Å²) in [6, 6.07) is 5.91. The van der Waals surface area contributed by atoms with E-state index < -0.39 is 12.5 Å². The van der Waals surface area contributed by atoms with Crippen LogP contribution in [0.15, 0.2) is 24.3 Å². The summed E-state index contributed by atoms with van der Waals surface area (Å²) in [5.74, 6) is -0.575. The topological polar surface area (TPSA) is 64.3 Å². The van der Waals surface area contributed by atoms with Crippen LogP contribution < -0.4 is 15.8 Å². The van der Waals surface area contributed by atoms with Gasteiger partial charge in [0.2, 0.25) is 0 Å². The Morgan fingerprint density at radius 2 is 2.11 bits per heavy atom. The summed E-state index contributed by atoms with van der Waals surface area (Å²) in [6.45, 7) is -0.600. The van der Waals surface area contributed by atoms with Gasteiger partial charge in [0.25, 0.3) is 5.91 Å². The fourth-order valence-corrected chi connectivity index (χ4v) is 1.52. The van der Waals surface area contributed by atoms with E-state index in [1.165, 1.54) is 18.2 Å². The minimum atomic E-state index is -2.96. The first-order valence-corrected chi connectivity index (χ1v) is 6.12. The van der Waals surface area contributed by atoms with Crippen LogP contribution in [0.5, 0.6) is 5.75 Å². The highest BCUT2D eigenvalue weighted by Crippen LogP contribution is 2.19. The highest BCUT2D eigenvalue weighted by atomic mass is 19.3. The van der Waals surface area contributed by atoms with Crippen molar-refractivity contribution in [3.63, 3.8) is 0 Å². The van der Waals surface area contributed by atoms with Crippen LogP contribution in [0.25, 0.3) is 0 Å². The van der Waals surface area contributed by atoms with E-state index >= 15 is 0 Å². The third kappa shape index (κ3) is 5.21. The molecule has 0 fully saturated rings. The summed E-state index contributed by atoms with van der Waals surface area (Å²) >= 11 is 0. The first kappa shape index (κ1) is 15.4. The Bertz CT molecular complexity index is 413. The molecule has 0 saturated carbocycles. The monoisotopic (exact) mass is 272 g/mol. The van der Waals surface area contributed by atoms with Gasteiger partial charge in [-0.05, 0) is 25.0 Å². The van der Waals surface area contributed by atoms with E-state index in [2.05, 4.69) is 10.1 Å². The van der Waals surface area contributed by atoms with E-state index in [1.807, 2.05) is 6.92 Å². The molecule has 0 aliphatic rings. The molecule has 1 rings (SSSR count). The Morgan fingerprint density at radius 1 is 1.42 bits per heavy atom. The van der Waals surface area contributed by atoms with E-state index in [-0.39, 0.29) is 17.4 Å². The van der Waals surface area contributed by atoms with E-state index in [0.717, 1.165) is 6.42 Å². The molecule has 1 unspecified atom stereocenters. The molecule has 106 valence electrons. The molecule has 0 spiro atoms. The average molecular weight is 272 g/mol. The maximum absolute atomic E-state index is 12.2. The van der Waals surface area contributed by atoms with Gasteiger partial charge < -0.3 is 15.8 Å². The summed E-state index contributed by atoms with van der Waals surface area (Å²) in [4.78, 5) is 11.8. The van der Waals surface area contributed by atoms with Crippen LogP contribution in [-0.2, 0) is 0 Å². The number of nitrogens with two attached hydrogens (primary N) is 1. The lowest BCUT2D eigenvalue weighted by Crippen LogP contribution is -2.30. The molecule has 3 N–H and O–H groups in total. The number of halogens is 2. The maximum atomic E-state index is 12.2. The third-order valence-electron chi connectivity index (χ3n) is 2.67. The minimum Gasteiger partial charge on any atom is -0.434 e. The average Bonchev–Trinajstić information content (AvgIpc) is 2.38. The van der Waals surface area contributed by atoms with Crippen LogP contribution in [0.1, 0.15) is 30.1 Å². The lowest BCUT2D eigenvalue weighted by Gasteiger charge is -2.12. The Balaban J connectivity index is 2.61. The molecule has 0 radical (unpaired) electrons. The number of hydrogen-bond acceptors (Lipinski definition) is 3. The van der Waals surface area contributed by atoms with Crippen LogP contribution in [0.3, 0.4) is 0 Å². The number of hydrogen-bond donors (Lipinski definition) is 2. The number of ether oxygens (including phenoxy) is 1. The third-order valence-corrected chi connectivity index (χ3v) is 2.67. The van der Waals surface area contributed by atoms with Gasteiger partial charge in [-0.15, -0.1) is 0 Å². The zero-order chi connectivity index (χ0) is 14.3. The molecule has 4 nitrogen and oxygen atoms in total. The second-order valence-corrected chi connectivity index (χ2v) is 4.09. The number of para-hydroxylation sites is 1. The predicted molar refractivity (Wildman–Crippen MR) is 68.3 cm³/mol. The Hall–Kier alpha value is -1.69. The van der Waals surface area contributed by atoms with Gasteiger partial charge in [0, 0.05) is 12.6 Å². The van der Waals surface area contributed by atoms with Gasteiger partial charge in [-0.2, -0.15) is 8.78 Å². The van der Waals surface area contributed by atoms with Crippen LogP contribution in [0, 0.1) is 0 Å². The second kappa shape index (κ2) is 7.68. The predicted octanol–water partition coefficient (Wildman–Crippen LogP) is 2.15. The molecule has 0 heterocycles. The highest BCUT2D eigenvalue weighted by Gasteiger charge is 2.14. The highest BCUT2D eigenvalue weighted by molar-refractivity contribution is 5.96. The lowest BCUT2D eigenvalue weighted by molar-refractivity contribution is -0.0501. The molecule has 0 bridgehead atoms. The Kier molecular flexibility index (Phi) is 6.21. The SMILES string of the molecule is CCC(N)CCNC(=O)c1ccccc1OC(F)F. The molecule has 0 aliphatic heterocycles. The van der Waals surface area contributed by atoms with Gasteiger partial charge in [0.05, 0.1) is 5.56 Å². The molecule has 1 amide bonds. The van der Waals surface area contributed by atoms with E-state index in [0.29, 0.717) is 13.0 Å². The first-order valence-electron chi connectivity index (χ1n) is 6.12. The Morgan fingerprint density at radius 3 is 2.74 bits per heavy atom. The van der Waals surface area contributed by atoms with Crippen LogP contribution in [0.4, 0.5) is 8.78 Å². The fourth-order valence-electron chi connectivity index (χ4n) is 1.52. The standard InChI is InChI=1S/C13H18F2N2O2/c1-2-9(16)7-8-17-12(18)10-5-3-4-6-11(10)19-13(14)15/h3-6,9,13H,2,7-8,16H2,1H3,(H,17,18). The van der Waals surface area contributed by atoms with Crippen molar-refractivity contribution in [2.45, 2.75) is 32.4 Å². The van der Waals surface area contributed by atoms with Gasteiger partial charge in [-0.1, -0.05) is 19.1 Å². The van der Waals surface area contributed by atoms with Crippen molar-refractivity contribution in [2.75, 3.05) is 6.54 Å². The van der Waals surface area contributed by atoms with Crippen LogP contribution >= 0.6 is 0 Å². The van der Waals surface area contributed by atoms with Gasteiger partial charge in [-0.3, -0.25) is 4.79 Å². The van der Waals surface area contributed by atoms with Crippen molar-refractivity contribution in [2.24, 2.45) is 5.73 Å². The van der Waals surface area contributed by atoms with Gasteiger partial charge in [-0.25, -0.2) is 0 Å². The van der Waals surface area contributed by atoms with Gasteiger partial charge in [0.15, 0.2) is 0 Å². The van der Waals surface area contributed by atoms with E-state index in [4.69, 9.17) is 5.73 Å². The number of carbonyl (C=O) groups is 1. The smallest absolute Gasteiger partial charge is 0.387 e. The van der Waals surface area contributed by atoms with Gasteiger partial charge in [0.1, 0.15) is 5.75 Å². The first-order chi connectivity index (χ1) is 9.04. The molecule has 19 heavy (non-hydrogen) atoms. The van der Waals surface area contributed by atoms with E-state index in [1.54, 1.807) is 6.07 Å². The van der Waals surface area contributed by atoms with Crippen LogP contribution in [0.2, 0.25) is 0 Å². The zero-order valence-electron chi connectivity index (χ0n) is 10.7. The number of rotatable bonds is 7. The summed E-state index contributed by atoms with van der Waals surface area (Å²) in [5.41, 5.74) is 5.81. The van der Waals surface area contributed by atoms with Crippen molar-refractivity contribution < 1.29 is 18.3 Å². The summed E-state index contributed by atoms with van der Waals surface area (Å²) < 4.78 is 28.7. The lowest BCUT2D eigenvalue weighted by atomic mass is 10.1. The number of amides is 1. The van der Waals surface area contributed by atoms with Crippen molar-refractivity contribution >= 4 is 5.91 Å². The molecular weight excluding hydrogens is 254 g/mol. The number of carbonyl (C=O) groups excluding carboxylic acids is 1. The summed E-state index contributed by atoms with van der Waals surface area (Å²) in [7, 11) is 0. The van der Waals surface area contributed by atoms with Crippen LogP contribution in [-0.4, -0.2) is 25.1 Å². The Labute approximate surface area is 110 Å².